The van der Waals surface area contributed by atoms with Crippen LogP contribution in [0.5, 0.6) is 0 Å². The van der Waals surface area contributed by atoms with Crippen LogP contribution in [0.2, 0.25) is 0 Å². The number of aliphatic carboxylic acids is 1. The third kappa shape index (κ3) is 3.95. The second-order valence-electron chi connectivity index (χ2n) is 2.90. The molecule has 0 saturated heterocycles. The molecular weight excluding hydrogens is 254 g/mol. The molecule has 0 radical (unpaired) electrons. The van der Waals surface area contributed by atoms with Crippen molar-refractivity contribution in [3.8, 4) is 0 Å². The zero-order chi connectivity index (χ0) is 13.1. The number of benzene rings is 1. The van der Waals surface area contributed by atoms with Crippen molar-refractivity contribution in [1.82, 2.24) is 0 Å². The van der Waals surface area contributed by atoms with E-state index in [0.717, 1.165) is 12.1 Å². The maximum Gasteiger partial charge on any atom is 0.383 e. The quantitative estimate of drug-likeness (QED) is 0.362. The largest absolute Gasteiger partial charge is 0.476 e. The first kappa shape index (κ1) is 13.3. The van der Waals surface area contributed by atoms with Crippen LogP contribution < -0.4 is 5.43 Å². The number of hydrogen-bond acceptors (Lipinski definition) is 4. The van der Waals surface area contributed by atoms with Gasteiger partial charge in [0.2, 0.25) is 0 Å². The van der Waals surface area contributed by atoms with Gasteiger partial charge < -0.3 is 14.9 Å². The van der Waals surface area contributed by atoms with Crippen molar-refractivity contribution in [1.29, 1.82) is 0 Å². The number of anilines is 1. The van der Waals surface area contributed by atoms with Crippen LogP contribution in [0.3, 0.4) is 0 Å². The first-order valence-corrected chi connectivity index (χ1v) is 5.80. The van der Waals surface area contributed by atoms with Gasteiger partial charge in [0.1, 0.15) is 5.82 Å². The maximum atomic E-state index is 12.5. The van der Waals surface area contributed by atoms with E-state index in [0.29, 0.717) is 0 Å². The Kier molecular flexibility index (Phi) is 3.95. The fraction of sp³-hybridized carbons (Fsp3) is 0. The Morgan fingerprint density at radius 1 is 1.29 bits per heavy atom. The van der Waals surface area contributed by atoms with Gasteiger partial charge in [-0.1, -0.05) is 0 Å². The Labute approximate surface area is 94.7 Å². The number of halogens is 1. The van der Waals surface area contributed by atoms with Gasteiger partial charge in [-0.2, -0.15) is 5.10 Å². The summed E-state index contributed by atoms with van der Waals surface area (Å²) in [5.74, 6) is -2.35. The van der Waals surface area contributed by atoms with Gasteiger partial charge in [-0.15, -0.1) is 0 Å². The molecule has 0 saturated carbocycles. The highest BCUT2D eigenvalue weighted by molar-refractivity contribution is 7.73. The van der Waals surface area contributed by atoms with Crippen LogP contribution in [-0.2, 0) is 9.36 Å². The van der Waals surface area contributed by atoms with Crippen molar-refractivity contribution in [3.63, 3.8) is 0 Å². The van der Waals surface area contributed by atoms with Crippen LogP contribution >= 0.6 is 7.60 Å². The fourth-order valence-corrected chi connectivity index (χ4v) is 1.31. The number of carbonyl (C=O) groups is 1. The van der Waals surface area contributed by atoms with Gasteiger partial charge in [0.15, 0.2) is 0 Å². The topological polar surface area (TPSA) is 119 Å². The van der Waals surface area contributed by atoms with E-state index in [9.17, 15) is 13.8 Å². The summed E-state index contributed by atoms with van der Waals surface area (Å²) in [7, 11) is -4.96. The molecule has 4 N–H and O–H groups in total. The zero-order valence-corrected chi connectivity index (χ0v) is 9.13. The van der Waals surface area contributed by atoms with Crippen molar-refractivity contribution < 1.29 is 28.6 Å². The molecule has 0 bridgehead atoms. The molecule has 7 nitrogen and oxygen atoms in total. The molecule has 1 aromatic carbocycles. The van der Waals surface area contributed by atoms with Crippen molar-refractivity contribution in [2.45, 2.75) is 0 Å². The molecule has 0 aliphatic rings. The third-order valence-corrected chi connectivity index (χ3v) is 2.45. The minimum absolute atomic E-state index is 0.193. The van der Waals surface area contributed by atoms with Crippen LogP contribution in [-0.4, -0.2) is 26.3 Å². The number of nitrogens with one attached hydrogen (secondary N) is 1. The summed E-state index contributed by atoms with van der Waals surface area (Å²) < 4.78 is 23.3. The summed E-state index contributed by atoms with van der Waals surface area (Å²) in [6.07, 6.45) is 0. The number of rotatable bonds is 4. The van der Waals surface area contributed by atoms with E-state index in [1.807, 2.05) is 0 Å². The molecule has 0 aliphatic heterocycles. The number of carboxylic acid groups (broad SMARTS) is 1. The first-order valence-electron chi connectivity index (χ1n) is 4.19. The smallest absolute Gasteiger partial charge is 0.383 e. The predicted octanol–water partition coefficient (Wildman–Crippen LogP) is 0.813. The summed E-state index contributed by atoms with van der Waals surface area (Å²) in [6.45, 7) is 0. The molecule has 0 aliphatic carbocycles. The minimum atomic E-state index is -4.96. The van der Waals surface area contributed by atoms with E-state index in [2.05, 4.69) is 10.5 Å². The Bertz CT molecular complexity index is 495. The molecule has 1 aromatic rings. The minimum Gasteiger partial charge on any atom is -0.476 e. The molecule has 0 spiro atoms. The van der Waals surface area contributed by atoms with E-state index >= 15 is 0 Å². The van der Waals surface area contributed by atoms with Crippen molar-refractivity contribution in [2.24, 2.45) is 5.10 Å². The average molecular weight is 262 g/mol. The van der Waals surface area contributed by atoms with E-state index in [1.54, 1.807) is 0 Å². The monoisotopic (exact) mass is 262 g/mol. The van der Waals surface area contributed by atoms with Gasteiger partial charge in [-0.05, 0) is 24.3 Å². The molecule has 0 unspecified atom stereocenters. The second-order valence-corrected chi connectivity index (χ2v) is 4.41. The fourth-order valence-electron chi connectivity index (χ4n) is 0.879. The Balaban J connectivity index is 2.91. The number of nitrogens with zero attached hydrogens (tertiary/aromatic N) is 1. The lowest BCUT2D eigenvalue weighted by molar-refractivity contribution is -0.129. The molecule has 1 rings (SSSR count). The molecule has 9 heteroatoms. The number of hydrogen-bond donors (Lipinski definition) is 4. The lowest BCUT2D eigenvalue weighted by Gasteiger charge is -2.04. The first-order chi connectivity index (χ1) is 7.80. The lowest BCUT2D eigenvalue weighted by Crippen LogP contribution is -2.15. The van der Waals surface area contributed by atoms with E-state index < -0.39 is 24.8 Å². The Hall–Kier alpha value is -1.76. The molecule has 0 amide bonds. The van der Waals surface area contributed by atoms with Crippen LogP contribution in [0.4, 0.5) is 10.1 Å². The van der Waals surface area contributed by atoms with E-state index in [-0.39, 0.29) is 5.69 Å². The molecule has 92 valence electrons. The Morgan fingerprint density at radius 2 is 1.82 bits per heavy atom. The highest BCUT2D eigenvalue weighted by Gasteiger charge is 2.30. The highest BCUT2D eigenvalue weighted by Crippen LogP contribution is 2.36. The lowest BCUT2D eigenvalue weighted by atomic mass is 10.3. The van der Waals surface area contributed by atoms with Gasteiger partial charge >= 0.3 is 13.6 Å². The molecule has 0 heterocycles. The summed E-state index contributed by atoms with van der Waals surface area (Å²) in [5, 5.41) is 11.6. The van der Waals surface area contributed by atoms with Crippen molar-refractivity contribution in [2.75, 3.05) is 5.43 Å². The third-order valence-electron chi connectivity index (χ3n) is 1.60. The van der Waals surface area contributed by atoms with Crippen molar-refractivity contribution >= 4 is 24.7 Å². The van der Waals surface area contributed by atoms with Crippen molar-refractivity contribution in [3.05, 3.63) is 30.1 Å². The summed E-state index contributed by atoms with van der Waals surface area (Å²) in [6, 6.07) is 4.63. The van der Waals surface area contributed by atoms with E-state index in [4.69, 9.17) is 14.9 Å². The van der Waals surface area contributed by atoms with Gasteiger partial charge in [-0.25, -0.2) is 9.18 Å². The highest BCUT2D eigenvalue weighted by atomic mass is 31.2. The van der Waals surface area contributed by atoms with Gasteiger partial charge in [0.05, 0.1) is 5.69 Å². The van der Waals surface area contributed by atoms with Gasteiger partial charge in [-0.3, -0.25) is 9.99 Å². The van der Waals surface area contributed by atoms with Crippen LogP contribution in [0, 0.1) is 5.82 Å². The molecule has 0 atom stereocenters. The Morgan fingerprint density at radius 3 is 2.24 bits per heavy atom. The number of carboxylic acids is 1. The SMILES string of the molecule is O=C(O)/C(=N\Nc1ccc(F)cc1)P(=O)(O)O. The second kappa shape index (κ2) is 5.05. The molecular formula is C8H8FN2O5P. The predicted molar refractivity (Wildman–Crippen MR) is 57.1 cm³/mol. The molecule has 17 heavy (non-hydrogen) atoms. The summed E-state index contributed by atoms with van der Waals surface area (Å²) >= 11 is 0. The number of hydrazone groups is 1. The normalized spacial score (nSPS) is 12.3. The van der Waals surface area contributed by atoms with Gasteiger partial charge in [0, 0.05) is 0 Å². The van der Waals surface area contributed by atoms with Gasteiger partial charge in [0.25, 0.3) is 5.45 Å². The summed E-state index contributed by atoms with van der Waals surface area (Å²) in [4.78, 5) is 27.8. The van der Waals surface area contributed by atoms with Crippen LogP contribution in [0.1, 0.15) is 0 Å². The van der Waals surface area contributed by atoms with Crippen LogP contribution in [0.25, 0.3) is 0 Å². The van der Waals surface area contributed by atoms with Crippen LogP contribution in [0.15, 0.2) is 29.4 Å². The zero-order valence-electron chi connectivity index (χ0n) is 8.24. The maximum absolute atomic E-state index is 12.5. The summed E-state index contributed by atoms with van der Waals surface area (Å²) in [5.41, 5.74) is 0.983. The average Bonchev–Trinajstić information content (AvgIpc) is 2.18. The molecule has 0 fully saturated rings. The van der Waals surface area contributed by atoms with E-state index in [1.165, 1.54) is 12.1 Å². The molecule has 0 aromatic heterocycles. The standard InChI is InChI=1S/C8H8FN2O5P/c9-5-1-3-6(4-2-5)10-11-7(8(12)13)17(14,15)16/h1-4,10H,(H,12,13)(H2,14,15,16)/b11-7+.